The van der Waals surface area contributed by atoms with Crippen molar-refractivity contribution in [2.75, 3.05) is 23.5 Å². The van der Waals surface area contributed by atoms with E-state index in [-0.39, 0.29) is 18.6 Å². The van der Waals surface area contributed by atoms with Crippen molar-refractivity contribution in [3.63, 3.8) is 0 Å². The van der Waals surface area contributed by atoms with Gasteiger partial charge in [0, 0.05) is 6.26 Å². The normalized spacial score (nSPS) is 13.4. The quantitative estimate of drug-likeness (QED) is 0.501. The Balaban J connectivity index is 4.19. The van der Waals surface area contributed by atoms with Crippen LogP contribution in [0.1, 0.15) is 12.8 Å². The maximum Gasteiger partial charge on any atom is 0.450 e. The van der Waals surface area contributed by atoms with Gasteiger partial charge in [0.15, 0.2) is 9.84 Å². The molecule has 0 saturated heterocycles. The third-order valence-electron chi connectivity index (χ3n) is 2.40. The molecule has 0 radical (unpaired) electrons. The standard InChI is InChI=1S/C11H17F3N2O5S2/c1-23(20,21)6-9(18)16-7(10(15)19)3-2-4-22-5-8(17)11(12,13)14/h7H,2-6H2,1H3,(H2,15,19)(H,16,18)/t7-/m0/s1. The highest BCUT2D eigenvalue weighted by Crippen LogP contribution is 2.19. The molecule has 0 aliphatic rings. The van der Waals surface area contributed by atoms with Crippen LogP contribution in [-0.2, 0) is 24.2 Å². The summed E-state index contributed by atoms with van der Waals surface area (Å²) in [6, 6.07) is -1.12. The SMILES string of the molecule is CS(=O)(=O)CC(=O)N[C@@H](CCCSCC(=O)C(F)(F)F)C(N)=O. The average molecular weight is 378 g/mol. The van der Waals surface area contributed by atoms with Crippen molar-refractivity contribution in [3.05, 3.63) is 0 Å². The molecule has 23 heavy (non-hydrogen) atoms. The van der Waals surface area contributed by atoms with Crippen molar-refractivity contribution in [2.24, 2.45) is 5.73 Å². The number of carbonyl (C=O) groups is 3. The van der Waals surface area contributed by atoms with Gasteiger partial charge < -0.3 is 11.1 Å². The number of thioether (sulfide) groups is 1. The van der Waals surface area contributed by atoms with Crippen LogP contribution in [0.25, 0.3) is 0 Å². The van der Waals surface area contributed by atoms with E-state index in [1.807, 2.05) is 0 Å². The Morgan fingerprint density at radius 2 is 1.83 bits per heavy atom. The highest BCUT2D eigenvalue weighted by atomic mass is 32.2. The van der Waals surface area contributed by atoms with E-state index < -0.39 is 51.2 Å². The highest BCUT2D eigenvalue weighted by molar-refractivity contribution is 7.99. The van der Waals surface area contributed by atoms with Crippen molar-refractivity contribution < 1.29 is 36.0 Å². The number of nitrogens with one attached hydrogen (secondary N) is 1. The summed E-state index contributed by atoms with van der Waals surface area (Å²) in [5.74, 6) is -5.01. The molecule has 7 nitrogen and oxygen atoms in total. The fraction of sp³-hybridized carbons (Fsp3) is 0.727. The lowest BCUT2D eigenvalue weighted by molar-refractivity contribution is -0.167. The fourth-order valence-corrected chi connectivity index (χ4v) is 2.82. The van der Waals surface area contributed by atoms with E-state index in [0.717, 1.165) is 18.0 Å². The minimum absolute atomic E-state index is 0.0258. The zero-order valence-electron chi connectivity index (χ0n) is 12.2. The van der Waals surface area contributed by atoms with E-state index in [1.54, 1.807) is 0 Å². The number of halogens is 3. The summed E-state index contributed by atoms with van der Waals surface area (Å²) in [7, 11) is -3.56. The molecule has 0 unspecified atom stereocenters. The van der Waals surface area contributed by atoms with Crippen molar-refractivity contribution in [3.8, 4) is 0 Å². The van der Waals surface area contributed by atoms with Crippen LogP contribution >= 0.6 is 11.8 Å². The fourth-order valence-electron chi connectivity index (χ4n) is 1.40. The van der Waals surface area contributed by atoms with E-state index in [0.29, 0.717) is 0 Å². The van der Waals surface area contributed by atoms with Gasteiger partial charge >= 0.3 is 6.18 Å². The first kappa shape index (κ1) is 21.7. The molecule has 0 saturated carbocycles. The van der Waals surface area contributed by atoms with Gasteiger partial charge in [0.05, 0.1) is 5.75 Å². The number of hydrogen-bond donors (Lipinski definition) is 2. The third-order valence-corrected chi connectivity index (χ3v) is 4.23. The molecule has 0 spiro atoms. The minimum Gasteiger partial charge on any atom is -0.368 e. The minimum atomic E-state index is -4.87. The average Bonchev–Trinajstić information content (AvgIpc) is 2.32. The predicted octanol–water partition coefficient (Wildman–Crippen LogP) is -0.354. The number of nitrogens with two attached hydrogens (primary N) is 1. The second kappa shape index (κ2) is 9.11. The molecule has 0 aromatic heterocycles. The monoisotopic (exact) mass is 378 g/mol. The smallest absolute Gasteiger partial charge is 0.368 e. The van der Waals surface area contributed by atoms with E-state index in [1.165, 1.54) is 0 Å². The van der Waals surface area contributed by atoms with Gasteiger partial charge in [-0.25, -0.2) is 8.42 Å². The summed E-state index contributed by atoms with van der Waals surface area (Å²) >= 11 is 0.741. The van der Waals surface area contributed by atoms with Crippen molar-refractivity contribution in [2.45, 2.75) is 25.1 Å². The molecule has 0 bridgehead atoms. The number of primary amides is 1. The lowest BCUT2D eigenvalue weighted by Gasteiger charge is -2.15. The van der Waals surface area contributed by atoms with Gasteiger partial charge in [-0.3, -0.25) is 14.4 Å². The number of rotatable bonds is 10. The van der Waals surface area contributed by atoms with Gasteiger partial charge in [-0.05, 0) is 18.6 Å². The largest absolute Gasteiger partial charge is 0.450 e. The van der Waals surface area contributed by atoms with Gasteiger partial charge in [-0.1, -0.05) is 0 Å². The van der Waals surface area contributed by atoms with E-state index in [9.17, 15) is 36.0 Å². The number of carbonyl (C=O) groups excluding carboxylic acids is 3. The summed E-state index contributed by atoms with van der Waals surface area (Å²) in [5.41, 5.74) is 5.06. The second-order valence-corrected chi connectivity index (χ2v) is 7.95. The molecular formula is C11H17F3N2O5S2. The van der Waals surface area contributed by atoms with Gasteiger partial charge in [-0.15, -0.1) is 0 Å². The van der Waals surface area contributed by atoms with Crippen molar-refractivity contribution >= 4 is 39.2 Å². The van der Waals surface area contributed by atoms with Gasteiger partial charge in [-0.2, -0.15) is 24.9 Å². The van der Waals surface area contributed by atoms with Crippen LogP contribution in [0.5, 0.6) is 0 Å². The first-order chi connectivity index (χ1) is 10.3. The van der Waals surface area contributed by atoms with Crippen LogP contribution in [-0.4, -0.2) is 61.7 Å². The summed E-state index contributed by atoms with van der Waals surface area (Å²) in [6.45, 7) is 0. The summed E-state index contributed by atoms with van der Waals surface area (Å²) in [6.07, 6.45) is -3.79. The Labute approximate surface area is 135 Å². The molecule has 0 aromatic carbocycles. The lowest BCUT2D eigenvalue weighted by atomic mass is 10.1. The molecular weight excluding hydrogens is 361 g/mol. The molecule has 3 N–H and O–H groups in total. The molecule has 0 aliphatic carbocycles. The number of hydrogen-bond acceptors (Lipinski definition) is 6. The Morgan fingerprint density at radius 1 is 1.26 bits per heavy atom. The molecule has 134 valence electrons. The van der Waals surface area contributed by atoms with Crippen LogP contribution in [0.2, 0.25) is 0 Å². The topological polar surface area (TPSA) is 123 Å². The number of sulfone groups is 1. The molecule has 0 aliphatic heterocycles. The molecule has 12 heteroatoms. The molecule has 1 atom stereocenters. The maximum absolute atomic E-state index is 12.0. The Morgan fingerprint density at radius 3 is 2.26 bits per heavy atom. The molecule has 2 amide bonds. The van der Waals surface area contributed by atoms with E-state index >= 15 is 0 Å². The van der Waals surface area contributed by atoms with Crippen LogP contribution in [0.3, 0.4) is 0 Å². The highest BCUT2D eigenvalue weighted by Gasteiger charge is 2.37. The molecule has 0 aromatic rings. The number of alkyl halides is 3. The molecule has 0 fully saturated rings. The van der Waals surface area contributed by atoms with Gasteiger partial charge in [0.25, 0.3) is 0 Å². The summed E-state index contributed by atoms with van der Waals surface area (Å²) < 4.78 is 57.7. The Bertz CT molecular complexity index is 548. The van der Waals surface area contributed by atoms with Crippen LogP contribution < -0.4 is 11.1 Å². The Hall–Kier alpha value is -1.30. The van der Waals surface area contributed by atoms with E-state index in [2.05, 4.69) is 5.32 Å². The van der Waals surface area contributed by atoms with E-state index in [4.69, 9.17) is 5.73 Å². The maximum atomic E-state index is 12.0. The van der Waals surface area contributed by atoms with Crippen molar-refractivity contribution in [1.29, 1.82) is 0 Å². The predicted molar refractivity (Wildman–Crippen MR) is 78.5 cm³/mol. The second-order valence-electron chi connectivity index (χ2n) is 4.71. The third kappa shape index (κ3) is 11.0. The first-order valence-electron chi connectivity index (χ1n) is 6.27. The molecule has 0 heterocycles. The summed E-state index contributed by atoms with van der Waals surface area (Å²) in [5, 5.41) is 2.15. The summed E-state index contributed by atoms with van der Waals surface area (Å²) in [4.78, 5) is 33.2. The number of Topliss-reactive ketones (excluding diaryl/α,β-unsaturated/α-hetero) is 1. The molecule has 0 rings (SSSR count). The van der Waals surface area contributed by atoms with Crippen LogP contribution in [0, 0.1) is 0 Å². The lowest BCUT2D eigenvalue weighted by Crippen LogP contribution is -2.46. The number of amides is 2. The van der Waals surface area contributed by atoms with Gasteiger partial charge in [0.2, 0.25) is 17.6 Å². The zero-order chi connectivity index (χ0) is 18.3. The van der Waals surface area contributed by atoms with Gasteiger partial charge in [0.1, 0.15) is 11.8 Å². The Kier molecular flexibility index (Phi) is 8.59. The number of ketones is 1. The van der Waals surface area contributed by atoms with Crippen LogP contribution in [0.15, 0.2) is 0 Å². The first-order valence-corrected chi connectivity index (χ1v) is 9.48. The van der Waals surface area contributed by atoms with Crippen molar-refractivity contribution in [1.82, 2.24) is 5.32 Å². The zero-order valence-corrected chi connectivity index (χ0v) is 13.8. The van der Waals surface area contributed by atoms with Crippen LogP contribution in [0.4, 0.5) is 13.2 Å².